The van der Waals surface area contributed by atoms with Crippen LogP contribution in [0.1, 0.15) is 55.7 Å². The van der Waals surface area contributed by atoms with Crippen molar-refractivity contribution < 1.29 is 58.5 Å². The zero-order chi connectivity index (χ0) is 33.2. The summed E-state index contributed by atoms with van der Waals surface area (Å²) in [6.45, 7) is 2.12. The fourth-order valence-electron chi connectivity index (χ4n) is 5.28. The van der Waals surface area contributed by atoms with Crippen LogP contribution in [-0.4, -0.2) is 34.9 Å². The number of phenols is 1. The number of nitrogens with zero attached hydrogens (tertiary/aromatic N) is 2. The largest absolute Gasteiger partial charge is 0.505 e. The van der Waals surface area contributed by atoms with Gasteiger partial charge in [-0.3, -0.25) is 0 Å². The Kier molecular flexibility index (Phi) is 9.98. The van der Waals surface area contributed by atoms with Gasteiger partial charge in [-0.1, -0.05) is 6.92 Å². The van der Waals surface area contributed by atoms with E-state index in [9.17, 15) is 43.9 Å². The molecule has 3 heterocycles. The Morgan fingerprint density at radius 2 is 1.33 bits per heavy atom. The molecule has 1 N–H and O–H groups in total. The van der Waals surface area contributed by atoms with Crippen LogP contribution in [0.2, 0.25) is 0 Å². The summed E-state index contributed by atoms with van der Waals surface area (Å²) in [5, 5.41) is 8.59. The number of aromatic nitrogens is 1. The van der Waals surface area contributed by atoms with Crippen molar-refractivity contribution >= 4 is 5.82 Å². The van der Waals surface area contributed by atoms with E-state index in [0.717, 1.165) is 37.2 Å². The van der Waals surface area contributed by atoms with Crippen LogP contribution in [0.4, 0.5) is 49.7 Å². The van der Waals surface area contributed by atoms with Gasteiger partial charge >= 0.3 is 18.5 Å². The van der Waals surface area contributed by atoms with Crippen molar-refractivity contribution in [1.82, 2.24) is 4.98 Å². The maximum Gasteiger partial charge on any atom is 0.417 e. The lowest BCUT2D eigenvalue weighted by Gasteiger charge is -2.39. The lowest BCUT2D eigenvalue weighted by Crippen LogP contribution is -2.46. The van der Waals surface area contributed by atoms with Crippen LogP contribution in [0.15, 0.2) is 54.7 Å². The van der Waals surface area contributed by atoms with Crippen LogP contribution in [-0.2, 0) is 18.5 Å². The van der Waals surface area contributed by atoms with E-state index in [0.29, 0.717) is 43.3 Å². The first kappa shape index (κ1) is 34.0. The highest BCUT2D eigenvalue weighted by Gasteiger charge is 2.43. The molecule has 0 radical (unpaired) electrons. The van der Waals surface area contributed by atoms with E-state index in [4.69, 9.17) is 14.6 Å². The quantitative estimate of drug-likeness (QED) is 0.269. The molecule has 2 aromatic carbocycles. The summed E-state index contributed by atoms with van der Waals surface area (Å²) in [6.07, 6.45) is -9.36. The molecule has 2 bridgehead atoms. The fraction of sp³-hybridized carbons (Fsp3) is 0.433. The average molecular weight is 655 g/mol. The Labute approximate surface area is 251 Å². The van der Waals surface area contributed by atoms with Gasteiger partial charge in [0.25, 0.3) is 0 Å². The molecule has 5 nitrogen and oxygen atoms in total. The summed E-state index contributed by atoms with van der Waals surface area (Å²) in [6, 6.07) is 7.19. The zero-order valence-electron chi connectivity index (χ0n) is 23.6. The molecule has 3 aromatic rings. The number of ether oxygens (including phenoxy) is 2. The maximum atomic E-state index is 13.1. The molecule has 246 valence electrons. The van der Waals surface area contributed by atoms with E-state index in [1.807, 2.05) is 11.8 Å². The molecule has 3 atom stereocenters. The standard InChI is InChI=1S/C23H24F6N2O2.C7H4F4O/c1-2-9-32-20-10-14(22(24,25)26)3-7-19(20)33-18-11-16-5-6-17(12-18)31(16)21-8-4-15(13-30-21)23(27,28)29;8-5-2-1-4(3-6(5)12)7(9,10)11/h3-4,7-8,10,13,16-18H,2,5-6,9,11-12H2,1H3;1-3,12H/t16-,17+,18?;. The van der Waals surface area contributed by atoms with Gasteiger partial charge in [0, 0.05) is 31.1 Å². The number of aromatic hydroxyl groups is 1. The van der Waals surface area contributed by atoms with Crippen LogP contribution in [0, 0.1) is 5.82 Å². The molecule has 45 heavy (non-hydrogen) atoms. The number of anilines is 1. The summed E-state index contributed by atoms with van der Waals surface area (Å²) in [7, 11) is 0. The molecule has 1 aromatic heterocycles. The first-order valence-corrected chi connectivity index (χ1v) is 13.8. The van der Waals surface area contributed by atoms with Crippen molar-refractivity contribution in [3.8, 4) is 17.2 Å². The number of fused-ring (bicyclic) bond motifs is 2. The molecule has 0 aliphatic carbocycles. The molecule has 0 spiro atoms. The second kappa shape index (κ2) is 13.2. The van der Waals surface area contributed by atoms with Gasteiger partial charge in [-0.15, -0.1) is 0 Å². The SMILES string of the molecule is CCCOc1cc(C(F)(F)F)ccc1OC1C[C@H]2CC[C@@H](C1)N2c1ccc(C(F)(F)F)cn1.Oc1cc(C(F)(F)F)ccc1F. The van der Waals surface area contributed by atoms with E-state index in [1.54, 1.807) is 0 Å². The molecular formula is C30H28F10N2O3. The van der Waals surface area contributed by atoms with Crippen molar-refractivity contribution in [2.45, 2.75) is 75.7 Å². The molecule has 1 unspecified atom stereocenters. The number of hydrogen-bond acceptors (Lipinski definition) is 5. The maximum absolute atomic E-state index is 13.1. The molecule has 2 fully saturated rings. The predicted octanol–water partition coefficient (Wildman–Crippen LogP) is 9.04. The summed E-state index contributed by atoms with van der Waals surface area (Å²) in [5.41, 5.74) is -2.66. The third-order valence-corrected chi connectivity index (χ3v) is 7.33. The summed E-state index contributed by atoms with van der Waals surface area (Å²) in [5.74, 6) is -1.24. The van der Waals surface area contributed by atoms with Crippen molar-refractivity contribution in [2.24, 2.45) is 0 Å². The highest BCUT2D eigenvalue weighted by atomic mass is 19.4. The van der Waals surface area contributed by atoms with Crippen LogP contribution < -0.4 is 14.4 Å². The first-order chi connectivity index (χ1) is 21.0. The van der Waals surface area contributed by atoms with E-state index in [1.165, 1.54) is 12.1 Å². The molecule has 5 rings (SSSR count). The van der Waals surface area contributed by atoms with Crippen LogP contribution >= 0.6 is 0 Å². The van der Waals surface area contributed by atoms with Crippen molar-refractivity contribution in [1.29, 1.82) is 0 Å². The Balaban J connectivity index is 0.000000323. The van der Waals surface area contributed by atoms with E-state index in [-0.39, 0.29) is 36.3 Å². The Bertz CT molecular complexity index is 1430. The highest BCUT2D eigenvalue weighted by molar-refractivity contribution is 5.46. The monoisotopic (exact) mass is 654 g/mol. The number of halogens is 10. The van der Waals surface area contributed by atoms with E-state index >= 15 is 0 Å². The van der Waals surface area contributed by atoms with Gasteiger partial charge in [-0.05, 0) is 67.8 Å². The summed E-state index contributed by atoms with van der Waals surface area (Å²) < 4.78 is 137. The van der Waals surface area contributed by atoms with Gasteiger partial charge in [-0.2, -0.15) is 39.5 Å². The average Bonchev–Trinajstić information content (AvgIpc) is 3.22. The van der Waals surface area contributed by atoms with Crippen molar-refractivity contribution in [3.05, 3.63) is 77.2 Å². The Morgan fingerprint density at radius 3 is 1.84 bits per heavy atom. The number of benzene rings is 2. The molecule has 2 saturated heterocycles. The lowest BCUT2D eigenvalue weighted by atomic mass is 9.99. The van der Waals surface area contributed by atoms with Crippen molar-refractivity contribution in [2.75, 3.05) is 11.5 Å². The summed E-state index contributed by atoms with van der Waals surface area (Å²) in [4.78, 5) is 6.08. The van der Waals surface area contributed by atoms with Gasteiger partial charge in [-0.25, -0.2) is 9.37 Å². The summed E-state index contributed by atoms with van der Waals surface area (Å²) >= 11 is 0. The third kappa shape index (κ3) is 8.42. The predicted molar refractivity (Wildman–Crippen MR) is 142 cm³/mol. The third-order valence-electron chi connectivity index (χ3n) is 7.33. The van der Waals surface area contributed by atoms with Crippen LogP contribution in [0.3, 0.4) is 0 Å². The smallest absolute Gasteiger partial charge is 0.417 e. The van der Waals surface area contributed by atoms with Gasteiger partial charge in [0.2, 0.25) is 0 Å². The fourth-order valence-corrected chi connectivity index (χ4v) is 5.28. The minimum absolute atomic E-state index is 0.0347. The second-order valence-corrected chi connectivity index (χ2v) is 10.6. The number of pyridine rings is 1. The Hall–Kier alpha value is -3.91. The van der Waals surface area contributed by atoms with E-state index < -0.39 is 46.8 Å². The van der Waals surface area contributed by atoms with Crippen molar-refractivity contribution in [3.63, 3.8) is 0 Å². The molecule has 15 heteroatoms. The van der Waals surface area contributed by atoms with E-state index in [2.05, 4.69) is 4.98 Å². The number of phenolic OH excluding ortho intramolecular Hbond substituents is 1. The highest BCUT2D eigenvalue weighted by Crippen LogP contribution is 2.43. The first-order valence-electron chi connectivity index (χ1n) is 13.8. The lowest BCUT2D eigenvalue weighted by molar-refractivity contribution is -0.138. The van der Waals surface area contributed by atoms with Gasteiger partial charge in [0.05, 0.1) is 23.3 Å². The Morgan fingerprint density at radius 1 is 0.778 bits per heavy atom. The molecular weight excluding hydrogens is 626 g/mol. The number of hydrogen-bond donors (Lipinski definition) is 1. The zero-order valence-corrected chi connectivity index (χ0v) is 23.6. The van der Waals surface area contributed by atoms with Gasteiger partial charge in [0.1, 0.15) is 11.9 Å². The topological polar surface area (TPSA) is 54.8 Å². The minimum Gasteiger partial charge on any atom is -0.505 e. The van der Waals surface area contributed by atoms with Gasteiger partial charge in [0.15, 0.2) is 23.1 Å². The van der Waals surface area contributed by atoms with Crippen LogP contribution in [0.5, 0.6) is 17.2 Å². The van der Waals surface area contributed by atoms with Crippen LogP contribution in [0.25, 0.3) is 0 Å². The number of piperidine rings is 1. The van der Waals surface area contributed by atoms with Gasteiger partial charge < -0.3 is 19.5 Å². The number of rotatable bonds is 6. The number of alkyl halides is 9. The minimum atomic E-state index is -4.55. The molecule has 2 aliphatic rings. The normalized spacial score (nSPS) is 20.0. The molecule has 2 aliphatic heterocycles. The second-order valence-electron chi connectivity index (χ2n) is 10.6. The molecule has 0 amide bonds. The molecule has 0 saturated carbocycles.